The summed E-state index contributed by atoms with van der Waals surface area (Å²) in [4.78, 5) is 11.0. The van der Waals surface area contributed by atoms with Crippen LogP contribution in [0.3, 0.4) is 0 Å². The monoisotopic (exact) mass is 206 g/mol. The predicted octanol–water partition coefficient (Wildman–Crippen LogP) is 1.37. The van der Waals surface area contributed by atoms with Crippen LogP contribution in [0.5, 0.6) is 5.75 Å². The third-order valence-corrected chi connectivity index (χ3v) is 2.35. The van der Waals surface area contributed by atoms with Crippen LogP contribution in [-0.4, -0.2) is 19.1 Å². The van der Waals surface area contributed by atoms with Crippen molar-refractivity contribution >= 4 is 11.6 Å². The Bertz CT molecular complexity index is 386. The summed E-state index contributed by atoms with van der Waals surface area (Å²) in [5.41, 5.74) is 6.56. The summed E-state index contributed by atoms with van der Waals surface area (Å²) in [5, 5.41) is 3.02. The normalized spacial score (nSPS) is 14.7. The van der Waals surface area contributed by atoms with Gasteiger partial charge < -0.3 is 15.8 Å². The number of amides is 1. The molecule has 80 valence electrons. The van der Waals surface area contributed by atoms with Crippen LogP contribution in [0, 0.1) is 0 Å². The molecule has 0 aromatic heterocycles. The minimum absolute atomic E-state index is 0.306. The lowest BCUT2D eigenvalue weighted by atomic mass is 10.2. The van der Waals surface area contributed by atoms with Crippen LogP contribution in [0.4, 0.5) is 5.69 Å². The number of hydrogen-bond donors (Lipinski definition) is 2. The van der Waals surface area contributed by atoms with Crippen LogP contribution in [0.1, 0.15) is 23.2 Å². The molecule has 0 bridgehead atoms. The Morgan fingerprint density at radius 1 is 1.53 bits per heavy atom. The van der Waals surface area contributed by atoms with Gasteiger partial charge in [0.05, 0.1) is 11.8 Å². The zero-order chi connectivity index (χ0) is 10.8. The van der Waals surface area contributed by atoms with E-state index >= 15 is 0 Å². The molecule has 1 amide bonds. The summed E-state index contributed by atoms with van der Waals surface area (Å²) in [6.07, 6.45) is 2.48. The van der Waals surface area contributed by atoms with Crippen molar-refractivity contribution in [3.05, 3.63) is 23.8 Å². The molecule has 15 heavy (non-hydrogen) atoms. The zero-order valence-electron chi connectivity index (χ0n) is 8.62. The molecule has 3 N–H and O–H groups in total. The van der Waals surface area contributed by atoms with Gasteiger partial charge in [-0.15, -0.1) is 0 Å². The average Bonchev–Trinajstić information content (AvgIpc) is 3.01. The van der Waals surface area contributed by atoms with Crippen LogP contribution in [0.15, 0.2) is 18.2 Å². The van der Waals surface area contributed by atoms with Crippen molar-refractivity contribution in [2.45, 2.75) is 18.9 Å². The lowest BCUT2D eigenvalue weighted by Crippen LogP contribution is -2.11. The van der Waals surface area contributed by atoms with E-state index in [4.69, 9.17) is 10.5 Å². The molecule has 0 aliphatic heterocycles. The van der Waals surface area contributed by atoms with Crippen LogP contribution in [0.2, 0.25) is 0 Å². The van der Waals surface area contributed by atoms with Gasteiger partial charge in [-0.1, -0.05) is 0 Å². The highest BCUT2D eigenvalue weighted by Gasteiger charge is 2.24. The van der Waals surface area contributed by atoms with Crippen molar-refractivity contribution in [1.82, 2.24) is 0 Å². The van der Waals surface area contributed by atoms with Gasteiger partial charge in [-0.05, 0) is 31.0 Å². The second-order valence-corrected chi connectivity index (χ2v) is 3.64. The maximum Gasteiger partial charge on any atom is 0.248 e. The van der Waals surface area contributed by atoms with Gasteiger partial charge in [0.25, 0.3) is 0 Å². The van der Waals surface area contributed by atoms with Gasteiger partial charge in [0, 0.05) is 12.6 Å². The first-order chi connectivity index (χ1) is 7.20. The Balaban J connectivity index is 2.28. The van der Waals surface area contributed by atoms with Crippen molar-refractivity contribution in [3.8, 4) is 5.75 Å². The fourth-order valence-electron chi connectivity index (χ4n) is 1.35. The third-order valence-electron chi connectivity index (χ3n) is 2.35. The highest BCUT2D eigenvalue weighted by atomic mass is 16.5. The van der Waals surface area contributed by atoms with E-state index in [-0.39, 0.29) is 0 Å². The molecular formula is C11H14N2O2. The number of anilines is 1. The van der Waals surface area contributed by atoms with Crippen molar-refractivity contribution in [2.75, 3.05) is 12.4 Å². The molecule has 1 aliphatic rings. The number of carbonyl (C=O) groups excluding carboxylic acids is 1. The number of ether oxygens (including phenoxy) is 1. The number of hydrogen-bond acceptors (Lipinski definition) is 3. The molecule has 1 saturated carbocycles. The predicted molar refractivity (Wildman–Crippen MR) is 58.2 cm³/mol. The molecule has 2 rings (SSSR count). The van der Waals surface area contributed by atoms with Gasteiger partial charge in [-0.3, -0.25) is 4.79 Å². The molecule has 0 saturated heterocycles. The fourth-order valence-corrected chi connectivity index (χ4v) is 1.35. The molecule has 0 heterocycles. The number of nitrogens with two attached hydrogens (primary N) is 1. The fraction of sp³-hybridized carbons (Fsp3) is 0.364. The molecular weight excluding hydrogens is 192 g/mol. The molecule has 0 atom stereocenters. The Labute approximate surface area is 88.4 Å². The van der Waals surface area contributed by atoms with E-state index in [1.165, 1.54) is 0 Å². The average molecular weight is 206 g/mol. The van der Waals surface area contributed by atoms with Gasteiger partial charge in [0.1, 0.15) is 5.75 Å². The third kappa shape index (κ3) is 2.21. The summed E-state index contributed by atoms with van der Waals surface area (Å²) >= 11 is 0. The zero-order valence-corrected chi connectivity index (χ0v) is 8.62. The van der Waals surface area contributed by atoms with Crippen molar-refractivity contribution in [3.63, 3.8) is 0 Å². The molecule has 1 aliphatic carbocycles. The highest BCUT2D eigenvalue weighted by Crippen LogP contribution is 2.32. The number of nitrogens with one attached hydrogen (secondary N) is 1. The largest absolute Gasteiger partial charge is 0.488 e. The molecule has 1 aromatic carbocycles. The smallest absolute Gasteiger partial charge is 0.248 e. The van der Waals surface area contributed by atoms with E-state index in [0.717, 1.165) is 18.5 Å². The van der Waals surface area contributed by atoms with Crippen LogP contribution in [-0.2, 0) is 0 Å². The van der Waals surface area contributed by atoms with Gasteiger partial charge in [-0.2, -0.15) is 0 Å². The van der Waals surface area contributed by atoms with Crippen LogP contribution >= 0.6 is 0 Å². The molecule has 0 spiro atoms. The second-order valence-electron chi connectivity index (χ2n) is 3.64. The van der Waals surface area contributed by atoms with Crippen LogP contribution in [0.25, 0.3) is 0 Å². The van der Waals surface area contributed by atoms with Crippen molar-refractivity contribution < 1.29 is 9.53 Å². The maximum atomic E-state index is 11.0. The van der Waals surface area contributed by atoms with Gasteiger partial charge in [-0.25, -0.2) is 0 Å². The molecule has 0 radical (unpaired) electrons. The van der Waals surface area contributed by atoms with E-state index in [2.05, 4.69) is 5.32 Å². The van der Waals surface area contributed by atoms with E-state index in [1.807, 2.05) is 7.05 Å². The van der Waals surface area contributed by atoms with E-state index in [0.29, 0.717) is 17.4 Å². The highest BCUT2D eigenvalue weighted by molar-refractivity contribution is 5.93. The molecule has 1 fully saturated rings. The lowest BCUT2D eigenvalue weighted by molar-refractivity contribution is 0.1000. The summed E-state index contributed by atoms with van der Waals surface area (Å²) in [5.74, 6) is 0.273. The van der Waals surface area contributed by atoms with Gasteiger partial charge in [0.15, 0.2) is 0 Å². The van der Waals surface area contributed by atoms with E-state index < -0.39 is 5.91 Å². The maximum absolute atomic E-state index is 11.0. The van der Waals surface area contributed by atoms with Gasteiger partial charge in [0.2, 0.25) is 5.91 Å². The van der Waals surface area contributed by atoms with Crippen molar-refractivity contribution in [1.29, 1.82) is 0 Å². The molecule has 0 unspecified atom stereocenters. The van der Waals surface area contributed by atoms with Crippen molar-refractivity contribution in [2.24, 2.45) is 5.73 Å². The Hall–Kier alpha value is -1.71. The second kappa shape index (κ2) is 3.81. The SMILES string of the molecule is CNc1ccc(C(N)=O)cc1OC1CC1. The molecule has 1 aromatic rings. The van der Waals surface area contributed by atoms with E-state index in [9.17, 15) is 4.79 Å². The first-order valence-electron chi connectivity index (χ1n) is 4.99. The van der Waals surface area contributed by atoms with Gasteiger partial charge >= 0.3 is 0 Å². The Morgan fingerprint density at radius 3 is 2.80 bits per heavy atom. The first kappa shape index (κ1) is 9.83. The number of primary amides is 1. The minimum Gasteiger partial charge on any atom is -0.488 e. The quantitative estimate of drug-likeness (QED) is 0.782. The van der Waals surface area contributed by atoms with Crippen LogP contribution < -0.4 is 15.8 Å². The number of carbonyl (C=O) groups is 1. The summed E-state index contributed by atoms with van der Waals surface area (Å²) in [7, 11) is 1.82. The summed E-state index contributed by atoms with van der Waals surface area (Å²) in [6.45, 7) is 0. The Kier molecular flexibility index (Phi) is 2.49. The molecule has 4 nitrogen and oxygen atoms in total. The summed E-state index contributed by atoms with van der Waals surface area (Å²) < 4.78 is 5.67. The minimum atomic E-state index is -0.432. The number of rotatable bonds is 4. The first-order valence-corrected chi connectivity index (χ1v) is 4.99. The Morgan fingerprint density at radius 2 is 2.27 bits per heavy atom. The lowest BCUT2D eigenvalue weighted by Gasteiger charge is -2.11. The topological polar surface area (TPSA) is 64.3 Å². The summed E-state index contributed by atoms with van der Waals surface area (Å²) in [6, 6.07) is 5.18. The molecule has 4 heteroatoms. The standard InChI is InChI=1S/C11H14N2O2/c1-13-9-5-2-7(11(12)14)6-10(9)15-8-3-4-8/h2,5-6,8,13H,3-4H2,1H3,(H2,12,14). The number of benzene rings is 1. The van der Waals surface area contributed by atoms with E-state index in [1.54, 1.807) is 18.2 Å².